The number of esters is 1. The minimum Gasteiger partial charge on any atom is -0.463 e. The van der Waals surface area contributed by atoms with Gasteiger partial charge in [-0.2, -0.15) is 0 Å². The molecule has 4 nitrogen and oxygen atoms in total. The van der Waals surface area contributed by atoms with Gasteiger partial charge in [0.05, 0.1) is 6.61 Å². The summed E-state index contributed by atoms with van der Waals surface area (Å²) in [5.41, 5.74) is 0. The number of unbranched alkanes of at least 4 members (excludes halogenated alkanes) is 4. The minimum atomic E-state index is -0.984. The highest BCUT2D eigenvalue weighted by atomic mass is 16.5. The third-order valence-electron chi connectivity index (χ3n) is 3.86. The summed E-state index contributed by atoms with van der Waals surface area (Å²) in [6.45, 7) is 1.69. The normalized spacial score (nSPS) is 13.4. The Hall–Kier alpha value is -1.65. The van der Waals surface area contributed by atoms with Crippen molar-refractivity contribution in [2.75, 3.05) is 13.2 Å². The van der Waals surface area contributed by atoms with Crippen LogP contribution in [0.3, 0.4) is 0 Å². The highest BCUT2D eigenvalue weighted by molar-refractivity contribution is 5.69. The van der Waals surface area contributed by atoms with Crippen LogP contribution in [0.1, 0.15) is 71.1 Å². The topological polar surface area (TPSA) is 66.8 Å². The van der Waals surface area contributed by atoms with Crippen molar-refractivity contribution in [2.24, 2.45) is 0 Å². The number of aliphatic hydroxyl groups is 2. The van der Waals surface area contributed by atoms with Gasteiger partial charge in [0.1, 0.15) is 12.7 Å². The van der Waals surface area contributed by atoms with Crippen LogP contribution >= 0.6 is 0 Å². The summed E-state index contributed by atoms with van der Waals surface area (Å²) >= 11 is 0. The fourth-order valence-corrected chi connectivity index (χ4v) is 2.24. The van der Waals surface area contributed by atoms with Gasteiger partial charge >= 0.3 is 5.97 Å². The highest BCUT2D eigenvalue weighted by Gasteiger charge is 2.06. The van der Waals surface area contributed by atoms with Gasteiger partial charge in [-0.3, -0.25) is 4.79 Å². The number of ether oxygens (including phenoxy) is 1. The molecule has 0 aliphatic carbocycles. The molecule has 0 saturated carbocycles. The number of hydrogen-bond donors (Lipinski definition) is 2. The molecule has 0 amide bonds. The van der Waals surface area contributed by atoms with Gasteiger partial charge < -0.3 is 14.9 Å². The SMILES string of the molecule is CCCCCC=CCC=CCC=CCC=CCCCC(=O)OC[C@@H](O)CO. The molecule has 0 aliphatic rings. The molecule has 0 rings (SSSR count). The van der Waals surface area contributed by atoms with E-state index in [9.17, 15) is 4.79 Å². The van der Waals surface area contributed by atoms with Crippen molar-refractivity contribution in [3.05, 3.63) is 48.6 Å². The first-order valence-electron chi connectivity index (χ1n) is 10.2. The molecule has 0 fully saturated rings. The first-order valence-corrected chi connectivity index (χ1v) is 10.2. The molecular formula is C23H38O4. The Labute approximate surface area is 165 Å². The fraction of sp³-hybridized carbons (Fsp3) is 0.609. The highest BCUT2D eigenvalue weighted by Crippen LogP contribution is 2.02. The summed E-state index contributed by atoms with van der Waals surface area (Å²) in [5, 5.41) is 17.7. The molecule has 0 unspecified atom stereocenters. The third kappa shape index (κ3) is 20.5. The van der Waals surface area contributed by atoms with E-state index in [1.165, 1.54) is 25.7 Å². The van der Waals surface area contributed by atoms with Gasteiger partial charge in [-0.05, 0) is 44.9 Å². The molecule has 27 heavy (non-hydrogen) atoms. The van der Waals surface area contributed by atoms with Crippen molar-refractivity contribution in [2.45, 2.75) is 77.2 Å². The molecule has 4 heteroatoms. The van der Waals surface area contributed by atoms with Gasteiger partial charge in [0.15, 0.2) is 0 Å². The standard InChI is InChI=1S/C23H38O4/c1-2-3-4-5-6-7-8-9-10-11-12-13-14-15-16-17-18-19-23(26)27-21-22(25)20-24/h6-7,9-10,12-13,15-16,22,24-25H,2-5,8,11,14,17-21H2,1H3/t22-/m0/s1. The molecule has 0 aromatic heterocycles. The molecule has 1 atom stereocenters. The van der Waals surface area contributed by atoms with Gasteiger partial charge in [0, 0.05) is 6.42 Å². The lowest BCUT2D eigenvalue weighted by atomic mass is 10.2. The zero-order valence-corrected chi connectivity index (χ0v) is 16.9. The predicted molar refractivity (Wildman–Crippen MR) is 112 cm³/mol. The van der Waals surface area contributed by atoms with E-state index in [1.54, 1.807) is 0 Å². The lowest BCUT2D eigenvalue weighted by Gasteiger charge is -2.07. The number of allylic oxidation sites excluding steroid dienone is 8. The van der Waals surface area contributed by atoms with E-state index < -0.39 is 12.7 Å². The van der Waals surface area contributed by atoms with E-state index in [1.807, 2.05) is 0 Å². The van der Waals surface area contributed by atoms with E-state index in [0.717, 1.165) is 32.1 Å². The van der Waals surface area contributed by atoms with Crippen molar-refractivity contribution >= 4 is 5.97 Å². The van der Waals surface area contributed by atoms with Crippen LogP contribution in [0.5, 0.6) is 0 Å². The molecular weight excluding hydrogens is 340 g/mol. The molecule has 0 saturated heterocycles. The summed E-state index contributed by atoms with van der Waals surface area (Å²) in [7, 11) is 0. The molecule has 0 aromatic carbocycles. The number of carbonyl (C=O) groups excluding carboxylic acids is 1. The number of hydrogen-bond acceptors (Lipinski definition) is 4. The van der Waals surface area contributed by atoms with Crippen molar-refractivity contribution in [1.82, 2.24) is 0 Å². The Balaban J connectivity index is 3.49. The van der Waals surface area contributed by atoms with Gasteiger partial charge in [0.25, 0.3) is 0 Å². The molecule has 0 aliphatic heterocycles. The van der Waals surface area contributed by atoms with E-state index in [-0.39, 0.29) is 12.6 Å². The van der Waals surface area contributed by atoms with Crippen LogP contribution in [0.15, 0.2) is 48.6 Å². The van der Waals surface area contributed by atoms with E-state index in [4.69, 9.17) is 14.9 Å². The summed E-state index contributed by atoms with van der Waals surface area (Å²) in [6, 6.07) is 0. The molecule has 0 bridgehead atoms. The van der Waals surface area contributed by atoms with Crippen LogP contribution in [-0.2, 0) is 9.53 Å². The Morgan fingerprint density at radius 3 is 1.89 bits per heavy atom. The van der Waals surface area contributed by atoms with Gasteiger partial charge in [-0.1, -0.05) is 68.4 Å². The van der Waals surface area contributed by atoms with Gasteiger partial charge in [0.2, 0.25) is 0 Å². The van der Waals surface area contributed by atoms with Crippen LogP contribution in [0.2, 0.25) is 0 Å². The fourth-order valence-electron chi connectivity index (χ4n) is 2.24. The van der Waals surface area contributed by atoms with Crippen LogP contribution in [0, 0.1) is 0 Å². The van der Waals surface area contributed by atoms with Crippen molar-refractivity contribution in [3.63, 3.8) is 0 Å². The smallest absolute Gasteiger partial charge is 0.305 e. The predicted octanol–water partition coefficient (Wildman–Crippen LogP) is 5.03. The minimum absolute atomic E-state index is 0.139. The number of aliphatic hydroxyl groups excluding tert-OH is 2. The average Bonchev–Trinajstić information content (AvgIpc) is 2.68. The maximum absolute atomic E-state index is 11.4. The summed E-state index contributed by atoms with van der Waals surface area (Å²) < 4.78 is 4.83. The van der Waals surface area contributed by atoms with Crippen LogP contribution in [-0.4, -0.2) is 35.5 Å². The molecule has 2 N–H and O–H groups in total. The van der Waals surface area contributed by atoms with Gasteiger partial charge in [-0.15, -0.1) is 0 Å². The maximum atomic E-state index is 11.4. The van der Waals surface area contributed by atoms with E-state index in [0.29, 0.717) is 6.42 Å². The Bertz CT molecular complexity index is 449. The molecule has 0 aromatic rings. The van der Waals surface area contributed by atoms with Crippen molar-refractivity contribution in [3.8, 4) is 0 Å². The van der Waals surface area contributed by atoms with E-state index in [2.05, 4.69) is 55.5 Å². The monoisotopic (exact) mass is 378 g/mol. The second-order valence-corrected chi connectivity index (χ2v) is 6.50. The van der Waals surface area contributed by atoms with Crippen molar-refractivity contribution < 1.29 is 19.7 Å². The quantitative estimate of drug-likeness (QED) is 0.212. The second-order valence-electron chi connectivity index (χ2n) is 6.50. The molecule has 154 valence electrons. The zero-order valence-electron chi connectivity index (χ0n) is 16.9. The van der Waals surface area contributed by atoms with E-state index >= 15 is 0 Å². The van der Waals surface area contributed by atoms with Crippen LogP contribution < -0.4 is 0 Å². The van der Waals surface area contributed by atoms with Crippen LogP contribution in [0.4, 0.5) is 0 Å². The summed E-state index contributed by atoms with van der Waals surface area (Å²) in [6.07, 6.45) is 26.3. The number of rotatable bonds is 17. The first-order chi connectivity index (χ1) is 13.2. The Morgan fingerprint density at radius 2 is 1.37 bits per heavy atom. The molecule has 0 spiro atoms. The van der Waals surface area contributed by atoms with Gasteiger partial charge in [-0.25, -0.2) is 0 Å². The third-order valence-corrected chi connectivity index (χ3v) is 3.86. The zero-order chi connectivity index (χ0) is 20.0. The Kier molecular flexibility index (Phi) is 19.4. The number of carbonyl (C=O) groups is 1. The maximum Gasteiger partial charge on any atom is 0.305 e. The average molecular weight is 379 g/mol. The molecule has 0 heterocycles. The second kappa shape index (κ2) is 20.7. The van der Waals surface area contributed by atoms with Crippen LogP contribution in [0.25, 0.3) is 0 Å². The Morgan fingerprint density at radius 1 is 0.852 bits per heavy atom. The lowest BCUT2D eigenvalue weighted by Crippen LogP contribution is -2.21. The first kappa shape index (κ1) is 25.4. The summed E-state index contributed by atoms with van der Waals surface area (Å²) in [5.74, 6) is -0.335. The largest absolute Gasteiger partial charge is 0.463 e. The summed E-state index contributed by atoms with van der Waals surface area (Å²) in [4.78, 5) is 11.4. The van der Waals surface area contributed by atoms with Crippen molar-refractivity contribution in [1.29, 1.82) is 0 Å². The molecule has 0 radical (unpaired) electrons. The lowest BCUT2D eigenvalue weighted by molar-refractivity contribution is -0.147.